The molecule has 0 aliphatic carbocycles. The average Bonchev–Trinajstić information content (AvgIpc) is 3.36. The van der Waals surface area contributed by atoms with Gasteiger partial charge in [0.05, 0.1) is 11.5 Å². The van der Waals surface area contributed by atoms with Crippen molar-refractivity contribution in [2.75, 3.05) is 6.54 Å². The maximum Gasteiger partial charge on any atom is 0.236 e. The summed E-state index contributed by atoms with van der Waals surface area (Å²) in [6, 6.07) is 12.0. The Labute approximate surface area is 162 Å². The van der Waals surface area contributed by atoms with E-state index in [2.05, 4.69) is 28.4 Å². The lowest BCUT2D eigenvalue weighted by atomic mass is 10.00. The van der Waals surface area contributed by atoms with E-state index >= 15 is 0 Å². The number of amides is 1. The van der Waals surface area contributed by atoms with Crippen LogP contribution in [-0.2, 0) is 24.3 Å². The highest BCUT2D eigenvalue weighted by atomic mass is 32.2. The maximum atomic E-state index is 13.0. The van der Waals surface area contributed by atoms with Gasteiger partial charge in [0.1, 0.15) is 0 Å². The summed E-state index contributed by atoms with van der Waals surface area (Å²) >= 11 is 1.45. The first-order valence-electron chi connectivity index (χ1n) is 9.16. The molecule has 4 rings (SSSR count). The van der Waals surface area contributed by atoms with Crippen LogP contribution in [0.4, 0.5) is 0 Å². The van der Waals surface area contributed by atoms with Crippen LogP contribution in [0.25, 0.3) is 11.6 Å². The number of fused-ring (bicyclic) bond motifs is 1. The number of carbonyl (C=O) groups is 1. The molecule has 1 aromatic carbocycles. The van der Waals surface area contributed by atoms with Gasteiger partial charge in [0, 0.05) is 19.6 Å². The van der Waals surface area contributed by atoms with Crippen molar-refractivity contribution in [2.45, 2.75) is 43.8 Å². The number of benzene rings is 1. The molecule has 6 nitrogen and oxygen atoms in total. The summed E-state index contributed by atoms with van der Waals surface area (Å²) < 4.78 is 7.43. The van der Waals surface area contributed by atoms with Gasteiger partial charge in [0.2, 0.25) is 5.91 Å². The second-order valence-corrected chi connectivity index (χ2v) is 7.87. The molecule has 0 radical (unpaired) electrons. The van der Waals surface area contributed by atoms with Crippen molar-refractivity contribution in [1.29, 1.82) is 0 Å². The Kier molecular flexibility index (Phi) is 5.03. The predicted octanol–water partition coefficient (Wildman–Crippen LogP) is 3.62. The molecule has 3 heterocycles. The molecular weight excluding hydrogens is 360 g/mol. The highest BCUT2D eigenvalue weighted by Crippen LogP contribution is 2.29. The van der Waals surface area contributed by atoms with Gasteiger partial charge < -0.3 is 9.32 Å². The van der Waals surface area contributed by atoms with Crippen LogP contribution in [0.3, 0.4) is 0 Å². The minimum atomic E-state index is -0.228. The Morgan fingerprint density at radius 2 is 2.04 bits per heavy atom. The molecule has 27 heavy (non-hydrogen) atoms. The molecule has 0 saturated heterocycles. The van der Waals surface area contributed by atoms with E-state index < -0.39 is 0 Å². The van der Waals surface area contributed by atoms with Crippen molar-refractivity contribution in [3.05, 3.63) is 53.8 Å². The van der Waals surface area contributed by atoms with E-state index in [1.807, 2.05) is 41.5 Å². The van der Waals surface area contributed by atoms with Crippen LogP contribution >= 0.6 is 11.8 Å². The Hall–Kier alpha value is -2.54. The first kappa shape index (κ1) is 17.9. The zero-order chi connectivity index (χ0) is 18.8. The van der Waals surface area contributed by atoms with E-state index in [0.29, 0.717) is 24.7 Å². The van der Waals surface area contributed by atoms with Gasteiger partial charge in [-0.25, -0.2) is 0 Å². The van der Waals surface area contributed by atoms with Crippen molar-refractivity contribution in [3.63, 3.8) is 0 Å². The van der Waals surface area contributed by atoms with Crippen molar-refractivity contribution < 1.29 is 9.21 Å². The SMILES string of the molecule is CCn1c(SC(C)C(=O)N2CCc3ccccc3C2)nnc1-c1ccco1. The molecule has 2 aromatic heterocycles. The summed E-state index contributed by atoms with van der Waals surface area (Å²) in [7, 11) is 0. The van der Waals surface area contributed by atoms with Crippen LogP contribution in [0.5, 0.6) is 0 Å². The minimum absolute atomic E-state index is 0.139. The molecule has 0 saturated carbocycles. The highest BCUT2D eigenvalue weighted by Gasteiger charge is 2.27. The number of aromatic nitrogens is 3. The van der Waals surface area contributed by atoms with Crippen molar-refractivity contribution in [2.24, 2.45) is 0 Å². The van der Waals surface area contributed by atoms with Crippen molar-refractivity contribution >= 4 is 17.7 Å². The molecule has 1 unspecified atom stereocenters. The van der Waals surface area contributed by atoms with E-state index in [-0.39, 0.29) is 11.2 Å². The van der Waals surface area contributed by atoms with Gasteiger partial charge >= 0.3 is 0 Å². The fourth-order valence-electron chi connectivity index (χ4n) is 3.40. The lowest BCUT2D eigenvalue weighted by Crippen LogP contribution is -2.40. The number of furan rings is 1. The quantitative estimate of drug-likeness (QED) is 0.631. The summed E-state index contributed by atoms with van der Waals surface area (Å²) in [6.07, 6.45) is 2.53. The summed E-state index contributed by atoms with van der Waals surface area (Å²) in [5.74, 6) is 1.51. The summed E-state index contributed by atoms with van der Waals surface area (Å²) in [4.78, 5) is 14.9. The number of nitrogens with zero attached hydrogens (tertiary/aromatic N) is 4. The first-order chi connectivity index (χ1) is 13.2. The van der Waals surface area contributed by atoms with Crippen LogP contribution in [0.15, 0.2) is 52.2 Å². The van der Waals surface area contributed by atoms with Gasteiger partial charge in [0.25, 0.3) is 0 Å². The molecule has 7 heteroatoms. The normalized spacial score (nSPS) is 14.8. The van der Waals surface area contributed by atoms with Gasteiger partial charge in [-0.15, -0.1) is 10.2 Å². The molecule has 1 amide bonds. The van der Waals surface area contributed by atoms with Gasteiger partial charge in [-0.2, -0.15) is 0 Å². The molecule has 0 fully saturated rings. The van der Waals surface area contributed by atoms with Crippen LogP contribution in [0, 0.1) is 0 Å². The smallest absolute Gasteiger partial charge is 0.236 e. The van der Waals surface area contributed by atoms with Crippen LogP contribution < -0.4 is 0 Å². The Morgan fingerprint density at radius 1 is 1.22 bits per heavy atom. The second-order valence-electron chi connectivity index (χ2n) is 6.57. The van der Waals surface area contributed by atoms with E-state index in [0.717, 1.165) is 18.1 Å². The largest absolute Gasteiger partial charge is 0.461 e. The molecule has 3 aromatic rings. The Balaban J connectivity index is 1.48. The summed E-state index contributed by atoms with van der Waals surface area (Å²) in [5.41, 5.74) is 2.59. The van der Waals surface area contributed by atoms with Crippen molar-refractivity contribution in [1.82, 2.24) is 19.7 Å². The number of thioether (sulfide) groups is 1. The number of rotatable bonds is 5. The lowest BCUT2D eigenvalue weighted by Gasteiger charge is -2.30. The molecule has 0 bridgehead atoms. The highest BCUT2D eigenvalue weighted by molar-refractivity contribution is 8.00. The monoisotopic (exact) mass is 382 g/mol. The topological polar surface area (TPSA) is 64.2 Å². The van der Waals surface area contributed by atoms with Crippen LogP contribution in [-0.4, -0.2) is 37.4 Å². The third-order valence-corrected chi connectivity index (χ3v) is 5.91. The fraction of sp³-hybridized carbons (Fsp3) is 0.350. The zero-order valence-corrected chi connectivity index (χ0v) is 16.3. The molecule has 1 aliphatic rings. The summed E-state index contributed by atoms with van der Waals surface area (Å²) in [6.45, 7) is 6.13. The van der Waals surface area contributed by atoms with E-state index in [1.54, 1.807) is 6.26 Å². The summed E-state index contributed by atoms with van der Waals surface area (Å²) in [5, 5.41) is 9.06. The maximum absolute atomic E-state index is 13.0. The molecule has 1 atom stereocenters. The number of carbonyl (C=O) groups excluding carboxylic acids is 1. The number of hydrogen-bond donors (Lipinski definition) is 0. The van der Waals surface area contributed by atoms with Crippen molar-refractivity contribution in [3.8, 4) is 11.6 Å². The molecular formula is C20H22N4O2S. The van der Waals surface area contributed by atoms with E-state index in [1.165, 1.54) is 22.9 Å². The first-order valence-corrected chi connectivity index (χ1v) is 10.0. The molecule has 140 valence electrons. The number of hydrogen-bond acceptors (Lipinski definition) is 5. The Morgan fingerprint density at radius 3 is 2.78 bits per heavy atom. The van der Waals surface area contributed by atoms with Gasteiger partial charge in [0.15, 0.2) is 16.7 Å². The third-order valence-electron chi connectivity index (χ3n) is 4.85. The zero-order valence-electron chi connectivity index (χ0n) is 15.5. The van der Waals surface area contributed by atoms with Crippen LogP contribution in [0.2, 0.25) is 0 Å². The van der Waals surface area contributed by atoms with Gasteiger partial charge in [-0.1, -0.05) is 36.0 Å². The second kappa shape index (κ2) is 7.60. The predicted molar refractivity (Wildman–Crippen MR) is 104 cm³/mol. The average molecular weight is 382 g/mol. The van der Waals surface area contributed by atoms with Gasteiger partial charge in [-0.3, -0.25) is 9.36 Å². The third kappa shape index (κ3) is 3.51. The van der Waals surface area contributed by atoms with E-state index in [4.69, 9.17) is 4.42 Å². The molecule has 0 spiro atoms. The lowest BCUT2D eigenvalue weighted by molar-refractivity contribution is -0.131. The van der Waals surface area contributed by atoms with Gasteiger partial charge in [-0.05, 0) is 43.5 Å². The van der Waals surface area contributed by atoms with Crippen LogP contribution in [0.1, 0.15) is 25.0 Å². The Bertz CT molecular complexity index is 935. The van der Waals surface area contributed by atoms with E-state index in [9.17, 15) is 4.79 Å². The fourth-order valence-corrected chi connectivity index (χ4v) is 4.40. The molecule has 0 N–H and O–H groups in total. The minimum Gasteiger partial charge on any atom is -0.461 e. The standard InChI is InChI=1S/C20H22N4O2S/c1-3-24-18(17-9-6-12-26-17)21-22-20(24)27-14(2)19(25)23-11-10-15-7-4-5-8-16(15)13-23/h4-9,12,14H,3,10-11,13H2,1-2H3. The molecule has 1 aliphatic heterocycles.